The zero-order valence-electron chi connectivity index (χ0n) is 13.6. The van der Waals surface area contributed by atoms with Crippen molar-refractivity contribution in [3.63, 3.8) is 0 Å². The monoisotopic (exact) mass is 337 g/mol. The summed E-state index contributed by atoms with van der Waals surface area (Å²) in [5, 5.41) is 2.07. The maximum atomic E-state index is 11.5. The van der Waals surface area contributed by atoms with Gasteiger partial charge >= 0.3 is 5.97 Å². The highest BCUT2D eigenvalue weighted by molar-refractivity contribution is 7.99. The first kappa shape index (κ1) is 16.5. The molecule has 1 aromatic heterocycles. The predicted molar refractivity (Wildman–Crippen MR) is 99.2 cm³/mol. The Morgan fingerprint density at radius 1 is 1.08 bits per heavy atom. The van der Waals surface area contributed by atoms with Crippen molar-refractivity contribution in [2.45, 2.75) is 18.4 Å². The van der Waals surface area contributed by atoms with Crippen molar-refractivity contribution in [3.05, 3.63) is 60.7 Å². The third-order valence-electron chi connectivity index (χ3n) is 3.62. The van der Waals surface area contributed by atoms with E-state index >= 15 is 0 Å². The molecule has 2 aromatic carbocycles. The van der Waals surface area contributed by atoms with E-state index in [1.165, 1.54) is 0 Å². The second-order valence-electron chi connectivity index (χ2n) is 5.30. The molecule has 1 heterocycles. The number of carbonyl (C=O) groups excluding carboxylic acids is 1. The van der Waals surface area contributed by atoms with Crippen LogP contribution in [0.1, 0.15) is 13.3 Å². The van der Waals surface area contributed by atoms with Gasteiger partial charge in [-0.05, 0) is 24.6 Å². The Balaban J connectivity index is 1.90. The number of ether oxygens (including phenoxy) is 1. The molecule has 0 aliphatic rings. The Hall–Kier alpha value is -2.33. The van der Waals surface area contributed by atoms with Gasteiger partial charge in [0.25, 0.3) is 0 Å². The third-order valence-corrected chi connectivity index (χ3v) is 4.62. The first-order valence-electron chi connectivity index (χ1n) is 8.01. The number of para-hydroxylation sites is 1. The van der Waals surface area contributed by atoms with E-state index in [-0.39, 0.29) is 5.97 Å². The van der Waals surface area contributed by atoms with Gasteiger partial charge in [0.1, 0.15) is 5.03 Å². The standard InChI is InChI=1S/C20H19NO2S/c1-2-23-19(22)12-13-24-20-17(15-8-4-3-5-9-15)14-16-10-6-7-11-18(16)21-20/h3-11,14H,2,12-13H2,1H3. The lowest BCUT2D eigenvalue weighted by Crippen LogP contribution is -2.04. The number of aromatic nitrogens is 1. The number of carbonyl (C=O) groups is 1. The van der Waals surface area contributed by atoms with Gasteiger partial charge in [-0.3, -0.25) is 4.79 Å². The number of thioether (sulfide) groups is 1. The molecule has 122 valence electrons. The summed E-state index contributed by atoms with van der Waals surface area (Å²) in [5.74, 6) is 0.497. The maximum Gasteiger partial charge on any atom is 0.306 e. The average molecular weight is 337 g/mol. The fraction of sp³-hybridized carbons (Fsp3) is 0.200. The second-order valence-corrected chi connectivity index (χ2v) is 6.39. The number of hydrogen-bond acceptors (Lipinski definition) is 4. The van der Waals surface area contributed by atoms with Crippen molar-refractivity contribution in [1.29, 1.82) is 0 Å². The van der Waals surface area contributed by atoms with Crippen molar-refractivity contribution in [2.75, 3.05) is 12.4 Å². The van der Waals surface area contributed by atoms with Crippen LogP contribution >= 0.6 is 11.8 Å². The molecule has 0 aliphatic carbocycles. The molecule has 0 saturated carbocycles. The van der Waals surface area contributed by atoms with Crippen molar-refractivity contribution >= 4 is 28.6 Å². The van der Waals surface area contributed by atoms with E-state index in [0.29, 0.717) is 18.8 Å². The summed E-state index contributed by atoms with van der Waals surface area (Å²) in [6.07, 6.45) is 0.390. The molecule has 0 amide bonds. The number of pyridine rings is 1. The van der Waals surface area contributed by atoms with E-state index in [0.717, 1.165) is 27.1 Å². The van der Waals surface area contributed by atoms with Gasteiger partial charge in [0.15, 0.2) is 0 Å². The summed E-state index contributed by atoms with van der Waals surface area (Å²) >= 11 is 1.60. The van der Waals surface area contributed by atoms with Gasteiger partial charge in [-0.15, -0.1) is 11.8 Å². The van der Waals surface area contributed by atoms with Crippen molar-refractivity contribution in [2.24, 2.45) is 0 Å². The van der Waals surface area contributed by atoms with E-state index in [1.807, 2.05) is 43.3 Å². The lowest BCUT2D eigenvalue weighted by molar-refractivity contribution is -0.142. The van der Waals surface area contributed by atoms with Gasteiger partial charge < -0.3 is 4.74 Å². The molecule has 0 radical (unpaired) electrons. The van der Waals surface area contributed by atoms with Crippen LogP contribution in [0.3, 0.4) is 0 Å². The van der Waals surface area contributed by atoms with Gasteiger partial charge in [-0.25, -0.2) is 4.98 Å². The highest BCUT2D eigenvalue weighted by Crippen LogP contribution is 2.33. The van der Waals surface area contributed by atoms with Crippen LogP contribution in [0.5, 0.6) is 0 Å². The molecule has 0 bridgehead atoms. The normalized spacial score (nSPS) is 10.7. The Labute approximate surface area is 146 Å². The van der Waals surface area contributed by atoms with Crippen molar-refractivity contribution in [1.82, 2.24) is 4.98 Å². The molecule has 0 spiro atoms. The fourth-order valence-electron chi connectivity index (χ4n) is 2.50. The van der Waals surface area contributed by atoms with Crippen LogP contribution in [0.4, 0.5) is 0 Å². The smallest absolute Gasteiger partial charge is 0.306 e. The molecule has 4 heteroatoms. The van der Waals surface area contributed by atoms with E-state index in [1.54, 1.807) is 11.8 Å². The zero-order chi connectivity index (χ0) is 16.8. The van der Waals surface area contributed by atoms with E-state index in [9.17, 15) is 4.79 Å². The molecule has 24 heavy (non-hydrogen) atoms. The molecule has 0 N–H and O–H groups in total. The molecule has 0 saturated heterocycles. The maximum absolute atomic E-state index is 11.5. The Kier molecular flexibility index (Phi) is 5.49. The summed E-state index contributed by atoms with van der Waals surface area (Å²) in [7, 11) is 0. The lowest BCUT2D eigenvalue weighted by Gasteiger charge is -2.10. The SMILES string of the molecule is CCOC(=O)CCSc1nc2ccccc2cc1-c1ccccc1. The third kappa shape index (κ3) is 3.95. The summed E-state index contributed by atoms with van der Waals surface area (Å²) in [6, 6.07) is 20.5. The van der Waals surface area contributed by atoms with Crippen molar-refractivity contribution < 1.29 is 9.53 Å². The number of hydrogen-bond donors (Lipinski definition) is 0. The van der Waals surface area contributed by atoms with Crippen molar-refractivity contribution in [3.8, 4) is 11.1 Å². The molecule has 3 rings (SSSR count). The summed E-state index contributed by atoms with van der Waals surface area (Å²) in [4.78, 5) is 16.3. The Bertz CT molecular complexity index is 833. The highest BCUT2D eigenvalue weighted by atomic mass is 32.2. The van der Waals surface area contributed by atoms with Crippen LogP contribution in [-0.2, 0) is 9.53 Å². The first-order valence-corrected chi connectivity index (χ1v) is 9.00. The van der Waals surface area contributed by atoms with E-state index in [2.05, 4.69) is 24.3 Å². The van der Waals surface area contributed by atoms with Crippen LogP contribution in [0.2, 0.25) is 0 Å². The molecule has 0 aliphatic heterocycles. The highest BCUT2D eigenvalue weighted by Gasteiger charge is 2.11. The van der Waals surface area contributed by atoms with E-state index in [4.69, 9.17) is 9.72 Å². The summed E-state index contributed by atoms with van der Waals surface area (Å²) < 4.78 is 4.99. The number of fused-ring (bicyclic) bond motifs is 1. The zero-order valence-corrected chi connectivity index (χ0v) is 14.4. The number of nitrogens with zero attached hydrogens (tertiary/aromatic N) is 1. The second kappa shape index (κ2) is 7.97. The minimum absolute atomic E-state index is 0.160. The van der Waals surface area contributed by atoms with Crippen LogP contribution in [0.25, 0.3) is 22.0 Å². The van der Waals surface area contributed by atoms with Gasteiger partial charge in [-0.1, -0.05) is 48.5 Å². The molecule has 3 aromatic rings. The van der Waals surface area contributed by atoms with Gasteiger partial charge in [0, 0.05) is 16.7 Å². The molecular formula is C20H19NO2S. The predicted octanol–water partition coefficient (Wildman–Crippen LogP) is 4.95. The number of esters is 1. The topological polar surface area (TPSA) is 39.2 Å². The minimum Gasteiger partial charge on any atom is -0.466 e. The summed E-state index contributed by atoms with van der Waals surface area (Å²) in [5.41, 5.74) is 3.20. The Morgan fingerprint density at radius 3 is 2.62 bits per heavy atom. The molecule has 0 atom stereocenters. The fourth-order valence-corrected chi connectivity index (χ4v) is 3.45. The molecule has 3 nitrogen and oxygen atoms in total. The quantitative estimate of drug-likeness (QED) is 0.471. The Morgan fingerprint density at radius 2 is 1.83 bits per heavy atom. The summed E-state index contributed by atoms with van der Waals surface area (Å²) in [6.45, 7) is 2.25. The van der Waals surface area contributed by atoms with Gasteiger partial charge in [0.2, 0.25) is 0 Å². The van der Waals surface area contributed by atoms with Crippen LogP contribution in [-0.4, -0.2) is 23.3 Å². The molecular weight excluding hydrogens is 318 g/mol. The van der Waals surface area contributed by atoms with Crippen LogP contribution in [0.15, 0.2) is 65.7 Å². The van der Waals surface area contributed by atoms with Crippen LogP contribution < -0.4 is 0 Å². The minimum atomic E-state index is -0.160. The largest absolute Gasteiger partial charge is 0.466 e. The number of benzene rings is 2. The van der Waals surface area contributed by atoms with Gasteiger partial charge in [-0.2, -0.15) is 0 Å². The van der Waals surface area contributed by atoms with Crippen LogP contribution in [0, 0.1) is 0 Å². The average Bonchev–Trinajstić information content (AvgIpc) is 2.62. The van der Waals surface area contributed by atoms with E-state index < -0.39 is 0 Å². The lowest BCUT2D eigenvalue weighted by atomic mass is 10.1. The first-order chi connectivity index (χ1) is 11.8. The number of rotatable bonds is 6. The van der Waals surface area contributed by atoms with Gasteiger partial charge in [0.05, 0.1) is 18.5 Å². The molecule has 0 unspecified atom stereocenters. The molecule has 0 fully saturated rings.